The van der Waals surface area contributed by atoms with Gasteiger partial charge in [0, 0.05) is 6.20 Å². The summed E-state index contributed by atoms with van der Waals surface area (Å²) in [5, 5.41) is 0. The molecule has 0 saturated heterocycles. The van der Waals surface area contributed by atoms with Gasteiger partial charge in [0.05, 0.1) is 18.6 Å². The minimum absolute atomic E-state index is 1.11. The third kappa shape index (κ3) is 2.42. The molecule has 0 fully saturated rings. The molecule has 0 aromatic carbocycles. The molecule has 0 unspecified atom stereocenters. The Morgan fingerprint density at radius 2 is 1.72 bits per heavy atom. The molecule has 18 heavy (non-hydrogen) atoms. The van der Waals surface area contributed by atoms with E-state index in [2.05, 4.69) is 50.0 Å². The summed E-state index contributed by atoms with van der Waals surface area (Å²) in [6.07, 6.45) is 1.87. The SMILES string of the molecule is CC[Si](CC)(CC)c1ccc(-c2ccccn2)s1. The number of aromatic nitrogens is 1. The molecule has 0 atom stereocenters. The Bertz CT molecular complexity index is 480. The van der Waals surface area contributed by atoms with Gasteiger partial charge < -0.3 is 0 Å². The molecule has 2 aromatic rings. The van der Waals surface area contributed by atoms with E-state index in [1.165, 1.54) is 23.0 Å². The normalized spacial score (nSPS) is 11.7. The second-order valence-electron chi connectivity index (χ2n) is 4.72. The van der Waals surface area contributed by atoms with E-state index in [9.17, 15) is 0 Å². The van der Waals surface area contributed by atoms with Crippen LogP contribution in [0.3, 0.4) is 0 Å². The van der Waals surface area contributed by atoms with E-state index in [1.807, 2.05) is 23.6 Å². The first kappa shape index (κ1) is 13.5. The molecule has 0 radical (unpaired) electrons. The van der Waals surface area contributed by atoms with E-state index < -0.39 is 8.07 Å². The van der Waals surface area contributed by atoms with Gasteiger partial charge in [-0.05, 0) is 22.7 Å². The van der Waals surface area contributed by atoms with Gasteiger partial charge in [-0.25, -0.2) is 0 Å². The van der Waals surface area contributed by atoms with Crippen LogP contribution in [0.15, 0.2) is 36.5 Å². The van der Waals surface area contributed by atoms with Gasteiger partial charge in [-0.2, -0.15) is 0 Å². The highest BCUT2D eigenvalue weighted by Gasteiger charge is 2.30. The van der Waals surface area contributed by atoms with E-state index in [-0.39, 0.29) is 0 Å². The van der Waals surface area contributed by atoms with Crippen molar-refractivity contribution in [3.05, 3.63) is 36.5 Å². The van der Waals surface area contributed by atoms with Crippen LogP contribution < -0.4 is 4.50 Å². The maximum absolute atomic E-state index is 4.45. The number of pyridine rings is 1. The molecule has 2 rings (SSSR count). The minimum Gasteiger partial charge on any atom is -0.255 e. The zero-order valence-electron chi connectivity index (χ0n) is 11.4. The van der Waals surface area contributed by atoms with Crippen LogP contribution in [0.2, 0.25) is 18.1 Å². The average Bonchev–Trinajstić information content (AvgIpc) is 2.93. The summed E-state index contributed by atoms with van der Waals surface area (Å²) in [4.78, 5) is 5.77. The highest BCUT2D eigenvalue weighted by molar-refractivity contribution is 7.29. The second kappa shape index (κ2) is 5.80. The number of nitrogens with zero attached hydrogens (tertiary/aromatic N) is 1. The molecule has 0 aliphatic rings. The second-order valence-corrected chi connectivity index (χ2v) is 11.4. The zero-order chi connectivity index (χ0) is 13.0. The molecule has 96 valence electrons. The number of thiophene rings is 1. The van der Waals surface area contributed by atoms with Gasteiger partial charge in [0.15, 0.2) is 0 Å². The van der Waals surface area contributed by atoms with E-state index >= 15 is 0 Å². The lowest BCUT2D eigenvalue weighted by molar-refractivity contribution is 1.20. The summed E-state index contributed by atoms with van der Waals surface area (Å²) >= 11 is 1.97. The number of hydrogen-bond donors (Lipinski definition) is 0. The lowest BCUT2D eigenvalue weighted by Gasteiger charge is -2.26. The fourth-order valence-corrected chi connectivity index (χ4v) is 8.75. The molecule has 2 aromatic heterocycles. The third-order valence-corrected chi connectivity index (χ3v) is 11.9. The molecular formula is C15H21NSSi. The molecule has 3 heteroatoms. The van der Waals surface area contributed by atoms with Crippen molar-refractivity contribution in [2.75, 3.05) is 0 Å². The van der Waals surface area contributed by atoms with Crippen LogP contribution in [0.4, 0.5) is 0 Å². The molecule has 0 amide bonds. The summed E-state index contributed by atoms with van der Waals surface area (Å²) in [5.74, 6) is 0. The fourth-order valence-electron chi connectivity index (χ4n) is 2.54. The summed E-state index contributed by atoms with van der Waals surface area (Å²) in [6, 6.07) is 14.8. The van der Waals surface area contributed by atoms with Gasteiger partial charge in [-0.1, -0.05) is 51.0 Å². The molecule has 0 saturated carbocycles. The summed E-state index contributed by atoms with van der Waals surface area (Å²) in [6.45, 7) is 7.08. The Labute approximate surface area is 115 Å². The molecule has 0 spiro atoms. The molecule has 0 bridgehead atoms. The molecule has 0 aliphatic carbocycles. The maximum atomic E-state index is 4.45. The first-order valence-corrected chi connectivity index (χ1v) is 10.2. The molecule has 0 N–H and O–H groups in total. The summed E-state index contributed by atoms with van der Waals surface area (Å²) < 4.78 is 1.65. The highest BCUT2D eigenvalue weighted by atomic mass is 32.1. The van der Waals surface area contributed by atoms with Gasteiger partial charge in [0.2, 0.25) is 0 Å². The minimum atomic E-state index is -1.21. The van der Waals surface area contributed by atoms with Gasteiger partial charge >= 0.3 is 0 Å². The molecular weight excluding hydrogens is 254 g/mol. The topological polar surface area (TPSA) is 12.9 Å². The predicted molar refractivity (Wildman–Crippen MR) is 84.4 cm³/mol. The molecule has 0 aliphatic heterocycles. The largest absolute Gasteiger partial charge is 0.255 e. The van der Waals surface area contributed by atoms with Crippen LogP contribution in [0.25, 0.3) is 10.6 Å². The van der Waals surface area contributed by atoms with Crippen molar-refractivity contribution in [1.29, 1.82) is 0 Å². The molecule has 1 nitrogen and oxygen atoms in total. The van der Waals surface area contributed by atoms with Crippen LogP contribution >= 0.6 is 11.3 Å². The van der Waals surface area contributed by atoms with Crippen LogP contribution in [0.1, 0.15) is 20.8 Å². The Morgan fingerprint density at radius 3 is 2.28 bits per heavy atom. The van der Waals surface area contributed by atoms with Gasteiger partial charge in [0.1, 0.15) is 0 Å². The van der Waals surface area contributed by atoms with Gasteiger partial charge in [0.25, 0.3) is 0 Å². The van der Waals surface area contributed by atoms with Crippen molar-refractivity contribution in [3.8, 4) is 10.6 Å². The van der Waals surface area contributed by atoms with Crippen LogP contribution in [-0.2, 0) is 0 Å². The van der Waals surface area contributed by atoms with Crippen molar-refractivity contribution < 1.29 is 0 Å². The summed E-state index contributed by atoms with van der Waals surface area (Å²) in [7, 11) is -1.21. The predicted octanol–water partition coefficient (Wildman–Crippen LogP) is 4.53. The highest BCUT2D eigenvalue weighted by Crippen LogP contribution is 2.28. The quantitative estimate of drug-likeness (QED) is 0.731. The van der Waals surface area contributed by atoms with E-state index in [0.29, 0.717) is 0 Å². The smallest absolute Gasteiger partial charge is 0.0987 e. The van der Waals surface area contributed by atoms with Gasteiger partial charge in [-0.3, -0.25) is 4.98 Å². The number of hydrogen-bond acceptors (Lipinski definition) is 2. The summed E-state index contributed by atoms with van der Waals surface area (Å²) in [5.41, 5.74) is 1.11. The Hall–Kier alpha value is -0.933. The Balaban J connectivity index is 2.36. The number of rotatable bonds is 5. The first-order valence-electron chi connectivity index (χ1n) is 6.77. The maximum Gasteiger partial charge on any atom is 0.0987 e. The van der Waals surface area contributed by atoms with E-state index in [4.69, 9.17) is 0 Å². The van der Waals surface area contributed by atoms with Gasteiger partial charge in [-0.15, -0.1) is 11.3 Å². The van der Waals surface area contributed by atoms with Crippen LogP contribution in [-0.4, -0.2) is 13.1 Å². The van der Waals surface area contributed by atoms with E-state index in [1.54, 1.807) is 4.50 Å². The lowest BCUT2D eigenvalue weighted by atomic mass is 10.3. The van der Waals surface area contributed by atoms with Crippen molar-refractivity contribution >= 4 is 23.9 Å². The monoisotopic (exact) mass is 275 g/mol. The van der Waals surface area contributed by atoms with Crippen molar-refractivity contribution in [3.63, 3.8) is 0 Å². The van der Waals surface area contributed by atoms with E-state index in [0.717, 1.165) is 5.69 Å². The first-order chi connectivity index (χ1) is 8.75. The zero-order valence-corrected chi connectivity index (χ0v) is 13.3. The molecule has 2 heterocycles. The van der Waals surface area contributed by atoms with Crippen molar-refractivity contribution in [2.45, 2.75) is 38.9 Å². The standard InChI is InChI=1S/C15H21NSSi/c1-4-18(5-2,6-3)15-11-10-14(17-15)13-9-7-8-12-16-13/h7-12H,4-6H2,1-3H3. The third-order valence-electron chi connectivity index (χ3n) is 4.08. The lowest BCUT2D eigenvalue weighted by Crippen LogP contribution is -2.43. The van der Waals surface area contributed by atoms with Crippen molar-refractivity contribution in [2.24, 2.45) is 0 Å². The van der Waals surface area contributed by atoms with Crippen LogP contribution in [0.5, 0.6) is 0 Å². The fraction of sp³-hybridized carbons (Fsp3) is 0.400. The Morgan fingerprint density at radius 1 is 1.00 bits per heavy atom. The average molecular weight is 275 g/mol. The van der Waals surface area contributed by atoms with Crippen LogP contribution in [0, 0.1) is 0 Å². The van der Waals surface area contributed by atoms with Crippen molar-refractivity contribution in [1.82, 2.24) is 4.98 Å². The Kier molecular flexibility index (Phi) is 4.35.